The van der Waals surface area contributed by atoms with Gasteiger partial charge in [-0.25, -0.2) is 4.98 Å². The van der Waals surface area contributed by atoms with Crippen LogP contribution in [0, 0.1) is 17.8 Å². The van der Waals surface area contributed by atoms with Crippen molar-refractivity contribution in [3.8, 4) is 0 Å². The standard InChI is InChI=1S/C24H30N4O2S/c25-22(29)18-1-2-20(28-3-5-30-6-4-28)19(10-18)26-23-27-21(14-31-23)24-11-15-7-16(12-24)9-17(8-15)13-24/h1-2,10,14-17H,3-9,11-13H2,(H2,25,29)(H,26,27). The van der Waals surface area contributed by atoms with E-state index >= 15 is 0 Å². The molecule has 2 aromatic rings. The molecule has 7 heteroatoms. The monoisotopic (exact) mass is 438 g/mol. The van der Waals surface area contributed by atoms with Gasteiger partial charge < -0.3 is 20.7 Å². The van der Waals surface area contributed by atoms with Crippen LogP contribution in [0.2, 0.25) is 0 Å². The summed E-state index contributed by atoms with van der Waals surface area (Å²) in [4.78, 5) is 19.2. The number of benzene rings is 1. The van der Waals surface area contributed by atoms with Gasteiger partial charge in [0.05, 0.1) is 30.3 Å². The van der Waals surface area contributed by atoms with E-state index in [0.29, 0.717) is 24.2 Å². The van der Waals surface area contributed by atoms with Gasteiger partial charge in [0.15, 0.2) is 5.13 Å². The molecule has 1 aromatic carbocycles. The van der Waals surface area contributed by atoms with Crippen molar-refractivity contribution in [3.05, 3.63) is 34.8 Å². The first kappa shape index (κ1) is 19.6. The number of nitrogens with one attached hydrogen (secondary N) is 1. The highest BCUT2D eigenvalue weighted by Gasteiger charge is 2.52. The molecule has 4 aliphatic carbocycles. The third kappa shape index (κ3) is 3.52. The molecule has 0 atom stereocenters. The fourth-order valence-electron chi connectivity index (χ4n) is 6.98. The number of nitrogens with zero attached hydrogens (tertiary/aromatic N) is 2. The molecule has 6 nitrogen and oxygen atoms in total. The number of thiazole rings is 1. The fourth-order valence-corrected chi connectivity index (χ4v) is 7.83. The number of amides is 1. The summed E-state index contributed by atoms with van der Waals surface area (Å²) >= 11 is 1.68. The van der Waals surface area contributed by atoms with Gasteiger partial charge in [-0.1, -0.05) is 0 Å². The van der Waals surface area contributed by atoms with Crippen LogP contribution in [0.5, 0.6) is 0 Å². The van der Waals surface area contributed by atoms with Gasteiger partial charge >= 0.3 is 0 Å². The second-order valence-electron chi connectivity index (χ2n) is 10.1. The van der Waals surface area contributed by atoms with E-state index in [1.165, 1.54) is 44.2 Å². The molecule has 1 saturated heterocycles. The molecule has 5 fully saturated rings. The maximum absolute atomic E-state index is 11.8. The van der Waals surface area contributed by atoms with Crippen molar-refractivity contribution >= 4 is 33.8 Å². The third-order valence-corrected chi connectivity index (χ3v) is 8.72. The first-order valence-electron chi connectivity index (χ1n) is 11.6. The van der Waals surface area contributed by atoms with Crippen LogP contribution in [0.1, 0.15) is 54.6 Å². The number of carbonyl (C=O) groups excluding carboxylic acids is 1. The summed E-state index contributed by atoms with van der Waals surface area (Å²) in [7, 11) is 0. The van der Waals surface area contributed by atoms with E-state index in [1.807, 2.05) is 12.1 Å². The van der Waals surface area contributed by atoms with Crippen molar-refractivity contribution in [1.82, 2.24) is 4.98 Å². The number of ether oxygens (including phenoxy) is 1. The topological polar surface area (TPSA) is 80.5 Å². The maximum atomic E-state index is 11.8. The molecule has 5 aliphatic rings. The van der Waals surface area contributed by atoms with E-state index in [1.54, 1.807) is 17.4 Å². The van der Waals surface area contributed by atoms with Crippen LogP contribution in [0.25, 0.3) is 0 Å². The van der Waals surface area contributed by atoms with Crippen LogP contribution in [0.15, 0.2) is 23.6 Å². The van der Waals surface area contributed by atoms with Gasteiger partial charge in [-0.3, -0.25) is 4.79 Å². The van der Waals surface area contributed by atoms with Gasteiger partial charge in [0.1, 0.15) is 0 Å². The van der Waals surface area contributed by atoms with Gasteiger partial charge in [-0.15, -0.1) is 11.3 Å². The number of nitrogens with two attached hydrogens (primary N) is 1. The van der Waals surface area contributed by atoms with Gasteiger partial charge in [0, 0.05) is 29.4 Å². The molecule has 4 saturated carbocycles. The Hall–Kier alpha value is -2.12. The Morgan fingerprint density at radius 2 is 1.81 bits per heavy atom. The van der Waals surface area contributed by atoms with Crippen LogP contribution in [-0.2, 0) is 10.2 Å². The predicted octanol–water partition coefficient (Wildman–Crippen LogP) is 4.29. The number of carbonyl (C=O) groups is 1. The normalized spacial score (nSPS) is 31.7. The first-order chi connectivity index (χ1) is 15.1. The van der Waals surface area contributed by atoms with Crippen molar-refractivity contribution in [2.75, 3.05) is 36.5 Å². The average molecular weight is 439 g/mol. The summed E-state index contributed by atoms with van der Waals surface area (Å²) in [5.41, 5.74) is 9.63. The smallest absolute Gasteiger partial charge is 0.248 e. The largest absolute Gasteiger partial charge is 0.378 e. The van der Waals surface area contributed by atoms with Gasteiger partial charge in [-0.05, 0) is 74.5 Å². The van der Waals surface area contributed by atoms with E-state index < -0.39 is 5.91 Å². The van der Waals surface area contributed by atoms with Crippen molar-refractivity contribution in [2.45, 2.75) is 43.9 Å². The predicted molar refractivity (Wildman–Crippen MR) is 123 cm³/mol. The molecule has 7 rings (SSSR count). The SMILES string of the molecule is NC(=O)c1ccc(N2CCOCC2)c(Nc2nc(C34CC5CC(CC(C5)C3)C4)cs2)c1. The lowest BCUT2D eigenvalue weighted by Crippen LogP contribution is -2.48. The molecule has 1 aromatic heterocycles. The molecule has 164 valence electrons. The number of hydrogen-bond donors (Lipinski definition) is 2. The van der Waals surface area contributed by atoms with Gasteiger partial charge in [0.25, 0.3) is 0 Å². The lowest BCUT2D eigenvalue weighted by atomic mass is 9.49. The minimum atomic E-state index is -0.412. The zero-order chi connectivity index (χ0) is 21.0. The Morgan fingerprint density at radius 3 is 2.45 bits per heavy atom. The minimum absolute atomic E-state index is 0.299. The first-order valence-corrected chi connectivity index (χ1v) is 12.5. The number of aromatic nitrogens is 1. The lowest BCUT2D eigenvalue weighted by Gasteiger charge is -2.56. The van der Waals surface area contributed by atoms with Crippen LogP contribution >= 0.6 is 11.3 Å². The Morgan fingerprint density at radius 1 is 1.13 bits per heavy atom. The van der Waals surface area contributed by atoms with E-state index in [0.717, 1.165) is 47.3 Å². The molecule has 0 spiro atoms. The molecule has 3 N–H and O–H groups in total. The summed E-state index contributed by atoms with van der Waals surface area (Å²) in [6.07, 6.45) is 8.28. The Balaban J connectivity index is 1.29. The summed E-state index contributed by atoms with van der Waals surface area (Å²) in [5.74, 6) is 2.31. The Bertz CT molecular complexity index is 962. The molecule has 0 radical (unpaired) electrons. The zero-order valence-corrected chi connectivity index (χ0v) is 18.6. The molecular weight excluding hydrogens is 408 g/mol. The number of morpholine rings is 1. The van der Waals surface area contributed by atoms with Gasteiger partial charge in [-0.2, -0.15) is 0 Å². The van der Waals surface area contributed by atoms with Crippen molar-refractivity contribution < 1.29 is 9.53 Å². The molecule has 1 amide bonds. The average Bonchev–Trinajstić information content (AvgIpc) is 3.23. The molecule has 1 aliphatic heterocycles. The highest BCUT2D eigenvalue weighted by Crippen LogP contribution is 2.60. The highest BCUT2D eigenvalue weighted by molar-refractivity contribution is 7.13. The van der Waals surface area contributed by atoms with Gasteiger partial charge in [0.2, 0.25) is 5.91 Å². The van der Waals surface area contributed by atoms with Crippen molar-refractivity contribution in [2.24, 2.45) is 23.5 Å². The number of primary amides is 1. The zero-order valence-electron chi connectivity index (χ0n) is 17.8. The van der Waals surface area contributed by atoms with Crippen molar-refractivity contribution in [1.29, 1.82) is 0 Å². The molecule has 0 unspecified atom stereocenters. The minimum Gasteiger partial charge on any atom is -0.378 e. The fraction of sp³-hybridized carbons (Fsp3) is 0.583. The van der Waals surface area contributed by atoms with E-state index in [4.69, 9.17) is 15.5 Å². The Labute approximate surface area is 187 Å². The quantitative estimate of drug-likeness (QED) is 0.728. The van der Waals surface area contributed by atoms with Crippen molar-refractivity contribution in [3.63, 3.8) is 0 Å². The Kier molecular flexibility index (Phi) is 4.72. The number of anilines is 3. The second-order valence-corrected chi connectivity index (χ2v) is 10.9. The lowest BCUT2D eigenvalue weighted by molar-refractivity contribution is -0.00688. The van der Waals surface area contributed by atoms with Crippen LogP contribution < -0.4 is 16.0 Å². The van der Waals surface area contributed by atoms with Crippen LogP contribution in [0.3, 0.4) is 0 Å². The summed E-state index contributed by atoms with van der Waals surface area (Å²) in [6.45, 7) is 3.09. The number of rotatable bonds is 5. The molecule has 2 heterocycles. The number of hydrogen-bond acceptors (Lipinski definition) is 6. The molecule has 31 heavy (non-hydrogen) atoms. The summed E-state index contributed by atoms with van der Waals surface area (Å²) in [5, 5.41) is 6.72. The third-order valence-electron chi connectivity index (χ3n) is 7.96. The summed E-state index contributed by atoms with van der Waals surface area (Å²) in [6, 6.07) is 5.65. The molecule has 4 bridgehead atoms. The molecular formula is C24H30N4O2S. The van der Waals surface area contributed by atoms with Crippen LogP contribution in [0.4, 0.5) is 16.5 Å². The van der Waals surface area contributed by atoms with E-state index in [2.05, 4.69) is 15.6 Å². The van der Waals surface area contributed by atoms with Crippen LogP contribution in [-0.4, -0.2) is 37.2 Å². The highest BCUT2D eigenvalue weighted by atomic mass is 32.1. The summed E-state index contributed by atoms with van der Waals surface area (Å²) < 4.78 is 5.52. The van der Waals surface area contributed by atoms with E-state index in [-0.39, 0.29) is 0 Å². The maximum Gasteiger partial charge on any atom is 0.248 e. The van der Waals surface area contributed by atoms with E-state index in [9.17, 15) is 4.79 Å². The second kappa shape index (κ2) is 7.48.